The van der Waals surface area contributed by atoms with Gasteiger partial charge in [-0.15, -0.1) is 0 Å². The van der Waals surface area contributed by atoms with Crippen LogP contribution in [0.5, 0.6) is 0 Å². The second-order valence-electron chi connectivity index (χ2n) is 6.16. The molecule has 0 aliphatic heterocycles. The van der Waals surface area contributed by atoms with E-state index in [0.717, 1.165) is 16.9 Å². The van der Waals surface area contributed by atoms with Gasteiger partial charge in [0.2, 0.25) is 0 Å². The Balaban J connectivity index is 1.53. The lowest BCUT2D eigenvalue weighted by Crippen LogP contribution is -2.25. The highest BCUT2D eigenvalue weighted by Crippen LogP contribution is 2.23. The van der Waals surface area contributed by atoms with Crippen LogP contribution >= 0.6 is 34.5 Å². The topological polar surface area (TPSA) is 83.1 Å². The van der Waals surface area contributed by atoms with Gasteiger partial charge in [-0.05, 0) is 49.2 Å². The molecule has 0 unspecified atom stereocenters. The molecule has 1 aromatic heterocycles. The van der Waals surface area contributed by atoms with Gasteiger partial charge in [0.15, 0.2) is 5.13 Å². The first kappa shape index (κ1) is 21.1. The zero-order valence-corrected chi connectivity index (χ0v) is 17.8. The smallest absolute Gasteiger partial charge is 0.325 e. The number of anilines is 2. The quantitative estimate of drug-likeness (QED) is 0.473. The molecule has 0 spiro atoms. The SMILES string of the molecule is Cc1nc(NC(=O)Nc2cccc(Cl)c2)sc1C(=O)NCCc1ccc(Cl)cc1. The molecule has 9 heteroatoms. The summed E-state index contributed by atoms with van der Waals surface area (Å²) in [6.07, 6.45) is 0.688. The molecule has 29 heavy (non-hydrogen) atoms. The summed E-state index contributed by atoms with van der Waals surface area (Å²) in [6, 6.07) is 13.8. The van der Waals surface area contributed by atoms with Crippen LogP contribution in [0.15, 0.2) is 48.5 Å². The van der Waals surface area contributed by atoms with Gasteiger partial charge in [-0.2, -0.15) is 0 Å². The molecule has 0 aliphatic rings. The van der Waals surface area contributed by atoms with Crippen LogP contribution in [0.4, 0.5) is 15.6 Å². The number of nitrogens with one attached hydrogen (secondary N) is 3. The van der Waals surface area contributed by atoms with E-state index >= 15 is 0 Å². The molecule has 6 nitrogen and oxygen atoms in total. The molecule has 0 aliphatic carbocycles. The molecule has 0 bridgehead atoms. The Hall–Kier alpha value is -2.61. The molecule has 0 saturated heterocycles. The Morgan fingerprint density at radius 2 is 1.79 bits per heavy atom. The molecule has 150 valence electrons. The second kappa shape index (κ2) is 9.73. The van der Waals surface area contributed by atoms with Crippen molar-refractivity contribution in [3.8, 4) is 0 Å². The van der Waals surface area contributed by atoms with Crippen LogP contribution in [0.1, 0.15) is 20.9 Å². The lowest BCUT2D eigenvalue weighted by Gasteiger charge is -2.05. The van der Waals surface area contributed by atoms with E-state index in [2.05, 4.69) is 20.9 Å². The molecule has 0 radical (unpaired) electrons. The highest BCUT2D eigenvalue weighted by molar-refractivity contribution is 7.17. The second-order valence-corrected chi connectivity index (χ2v) is 8.03. The highest BCUT2D eigenvalue weighted by atomic mass is 35.5. The van der Waals surface area contributed by atoms with Gasteiger partial charge in [-0.1, -0.05) is 52.7 Å². The zero-order chi connectivity index (χ0) is 20.8. The molecule has 3 N–H and O–H groups in total. The van der Waals surface area contributed by atoms with Crippen molar-refractivity contribution < 1.29 is 9.59 Å². The predicted octanol–water partition coefficient (Wildman–Crippen LogP) is 5.37. The monoisotopic (exact) mass is 448 g/mol. The lowest BCUT2D eigenvalue weighted by atomic mass is 10.1. The van der Waals surface area contributed by atoms with Gasteiger partial charge in [0.25, 0.3) is 5.91 Å². The van der Waals surface area contributed by atoms with Gasteiger partial charge < -0.3 is 10.6 Å². The fraction of sp³-hybridized carbons (Fsp3) is 0.150. The molecule has 0 atom stereocenters. The first-order chi connectivity index (χ1) is 13.9. The van der Waals surface area contributed by atoms with Crippen molar-refractivity contribution in [2.75, 3.05) is 17.2 Å². The minimum absolute atomic E-state index is 0.225. The number of aromatic nitrogens is 1. The van der Waals surface area contributed by atoms with E-state index in [0.29, 0.717) is 44.4 Å². The lowest BCUT2D eigenvalue weighted by molar-refractivity contribution is 0.0957. The maximum absolute atomic E-state index is 12.4. The Morgan fingerprint density at radius 3 is 2.52 bits per heavy atom. The summed E-state index contributed by atoms with van der Waals surface area (Å²) in [5, 5.41) is 9.71. The van der Waals surface area contributed by atoms with Crippen molar-refractivity contribution in [2.45, 2.75) is 13.3 Å². The first-order valence-corrected chi connectivity index (χ1v) is 10.3. The van der Waals surface area contributed by atoms with Crippen molar-refractivity contribution in [1.29, 1.82) is 0 Å². The first-order valence-electron chi connectivity index (χ1n) is 8.74. The van der Waals surface area contributed by atoms with Crippen LogP contribution in [0.3, 0.4) is 0 Å². The van der Waals surface area contributed by atoms with Crippen LogP contribution < -0.4 is 16.0 Å². The zero-order valence-electron chi connectivity index (χ0n) is 15.5. The largest absolute Gasteiger partial charge is 0.351 e. The van der Waals surface area contributed by atoms with E-state index in [4.69, 9.17) is 23.2 Å². The van der Waals surface area contributed by atoms with Crippen LogP contribution in [0.25, 0.3) is 0 Å². The Kier molecular flexibility index (Phi) is 7.09. The van der Waals surface area contributed by atoms with E-state index in [1.165, 1.54) is 0 Å². The Morgan fingerprint density at radius 1 is 1.03 bits per heavy atom. The number of aryl methyl sites for hydroxylation is 1. The number of rotatable bonds is 6. The summed E-state index contributed by atoms with van der Waals surface area (Å²) in [6.45, 7) is 2.21. The van der Waals surface area contributed by atoms with Gasteiger partial charge >= 0.3 is 6.03 Å². The molecular weight excluding hydrogens is 431 g/mol. The van der Waals surface area contributed by atoms with Crippen molar-refractivity contribution in [3.05, 3.63) is 74.7 Å². The number of urea groups is 1. The average Bonchev–Trinajstić information content (AvgIpc) is 3.03. The van der Waals surface area contributed by atoms with Gasteiger partial charge in [0.05, 0.1) is 5.69 Å². The molecule has 0 fully saturated rings. The number of hydrogen-bond donors (Lipinski definition) is 3. The fourth-order valence-electron chi connectivity index (χ4n) is 2.54. The molecular formula is C20H18Cl2N4O2S. The molecule has 0 saturated carbocycles. The van der Waals surface area contributed by atoms with Crippen molar-refractivity contribution in [3.63, 3.8) is 0 Å². The predicted molar refractivity (Wildman–Crippen MR) is 118 cm³/mol. The number of amides is 3. The summed E-state index contributed by atoms with van der Waals surface area (Å²) in [5.74, 6) is -0.225. The number of carbonyl (C=O) groups excluding carboxylic acids is 2. The van der Waals surface area contributed by atoms with Gasteiger partial charge in [0.1, 0.15) is 4.88 Å². The van der Waals surface area contributed by atoms with Gasteiger partial charge in [-0.25, -0.2) is 9.78 Å². The van der Waals surface area contributed by atoms with Crippen LogP contribution in [0, 0.1) is 6.92 Å². The normalized spacial score (nSPS) is 10.4. The summed E-state index contributed by atoms with van der Waals surface area (Å²) in [7, 11) is 0. The van der Waals surface area contributed by atoms with Crippen LogP contribution in [-0.2, 0) is 6.42 Å². The van der Waals surface area contributed by atoms with E-state index in [-0.39, 0.29) is 5.91 Å². The van der Waals surface area contributed by atoms with Crippen molar-refractivity contribution in [1.82, 2.24) is 10.3 Å². The average molecular weight is 449 g/mol. The number of hydrogen-bond acceptors (Lipinski definition) is 4. The Labute approximate surface area is 182 Å². The van der Waals surface area contributed by atoms with Crippen molar-refractivity contribution in [2.24, 2.45) is 0 Å². The fourth-order valence-corrected chi connectivity index (χ4v) is 3.73. The number of benzene rings is 2. The Bertz CT molecular complexity index is 1020. The van der Waals surface area contributed by atoms with Crippen LogP contribution in [-0.4, -0.2) is 23.5 Å². The van der Waals surface area contributed by atoms with E-state index < -0.39 is 6.03 Å². The number of thiazole rings is 1. The van der Waals surface area contributed by atoms with E-state index in [1.54, 1.807) is 31.2 Å². The highest BCUT2D eigenvalue weighted by Gasteiger charge is 2.16. The van der Waals surface area contributed by atoms with Crippen LogP contribution in [0.2, 0.25) is 10.0 Å². The minimum atomic E-state index is -0.462. The molecule has 2 aromatic carbocycles. The number of carbonyl (C=O) groups is 2. The number of halogens is 2. The summed E-state index contributed by atoms with van der Waals surface area (Å²) >= 11 is 12.9. The minimum Gasteiger partial charge on any atom is -0.351 e. The third kappa shape index (κ3) is 6.19. The summed E-state index contributed by atoms with van der Waals surface area (Å²) in [5.41, 5.74) is 2.19. The van der Waals surface area contributed by atoms with E-state index in [1.807, 2.05) is 24.3 Å². The summed E-state index contributed by atoms with van der Waals surface area (Å²) < 4.78 is 0. The van der Waals surface area contributed by atoms with Gasteiger partial charge in [0, 0.05) is 22.3 Å². The molecule has 1 heterocycles. The number of nitrogens with zero attached hydrogens (tertiary/aromatic N) is 1. The maximum Gasteiger partial charge on any atom is 0.325 e. The maximum atomic E-state index is 12.4. The van der Waals surface area contributed by atoms with Crippen molar-refractivity contribution >= 4 is 57.3 Å². The van der Waals surface area contributed by atoms with E-state index in [9.17, 15) is 9.59 Å². The molecule has 3 amide bonds. The van der Waals surface area contributed by atoms with Gasteiger partial charge in [-0.3, -0.25) is 10.1 Å². The third-order valence-corrected chi connectivity index (χ3v) is 5.48. The standard InChI is InChI=1S/C20H18Cl2N4O2S/c1-12-17(18(27)23-10-9-13-5-7-14(21)8-6-13)29-20(24-12)26-19(28)25-16-4-2-3-15(22)11-16/h2-8,11H,9-10H2,1H3,(H,23,27)(H2,24,25,26,28). The summed E-state index contributed by atoms with van der Waals surface area (Å²) in [4.78, 5) is 29.3. The molecule has 3 aromatic rings. The molecule has 3 rings (SSSR count). The third-order valence-electron chi connectivity index (χ3n) is 3.92.